The molecule has 140 valence electrons. The Balaban J connectivity index is 1.85. The van der Waals surface area contributed by atoms with Crippen LogP contribution in [-0.4, -0.2) is 20.4 Å². The van der Waals surface area contributed by atoms with Crippen molar-refractivity contribution in [3.05, 3.63) is 65.1 Å². The lowest BCUT2D eigenvalue weighted by Gasteiger charge is -2.10. The average molecular weight is 376 g/mol. The summed E-state index contributed by atoms with van der Waals surface area (Å²) in [6.45, 7) is 5.76. The minimum Gasteiger partial charge on any atom is -0.462 e. The molecule has 1 amide bonds. The minimum atomic E-state index is -3.34. The highest BCUT2D eigenvalue weighted by Gasteiger charge is 2.12. The highest BCUT2D eigenvalue weighted by molar-refractivity contribution is 7.88. The molecule has 0 fully saturated rings. The molecule has 0 radical (unpaired) electrons. The van der Waals surface area contributed by atoms with E-state index >= 15 is 0 Å². The lowest BCUT2D eigenvalue weighted by atomic mass is 10.1. The van der Waals surface area contributed by atoms with Crippen LogP contribution in [0.15, 0.2) is 46.9 Å². The Labute approximate surface area is 154 Å². The molecule has 6 nitrogen and oxygen atoms in total. The molecule has 26 heavy (non-hydrogen) atoms. The van der Waals surface area contributed by atoms with Crippen LogP contribution in [0.2, 0.25) is 0 Å². The van der Waals surface area contributed by atoms with Gasteiger partial charge in [-0.05, 0) is 50.1 Å². The quantitative estimate of drug-likeness (QED) is 0.694. The first-order chi connectivity index (χ1) is 12.2. The van der Waals surface area contributed by atoms with Gasteiger partial charge in [-0.3, -0.25) is 4.79 Å². The van der Waals surface area contributed by atoms with Gasteiger partial charge >= 0.3 is 0 Å². The third-order valence-corrected chi connectivity index (χ3v) is 4.97. The second kappa shape index (κ2) is 8.82. The number of furan rings is 1. The lowest BCUT2D eigenvalue weighted by molar-refractivity contribution is -0.116. The topological polar surface area (TPSA) is 88.4 Å². The summed E-state index contributed by atoms with van der Waals surface area (Å²) < 4.78 is 31.7. The predicted octanol–water partition coefficient (Wildman–Crippen LogP) is 2.75. The number of hydrogen-bond acceptors (Lipinski definition) is 4. The van der Waals surface area contributed by atoms with Gasteiger partial charge in [0.05, 0.1) is 5.75 Å². The van der Waals surface area contributed by atoms with E-state index in [0.29, 0.717) is 17.9 Å². The van der Waals surface area contributed by atoms with Crippen molar-refractivity contribution in [3.8, 4) is 0 Å². The van der Waals surface area contributed by atoms with Gasteiger partial charge in [0.2, 0.25) is 15.9 Å². The fourth-order valence-electron chi connectivity index (χ4n) is 2.32. The van der Waals surface area contributed by atoms with Crippen molar-refractivity contribution < 1.29 is 17.6 Å². The molecule has 1 aromatic heterocycles. The van der Waals surface area contributed by atoms with E-state index in [-0.39, 0.29) is 17.7 Å². The first-order valence-electron chi connectivity index (χ1n) is 8.34. The van der Waals surface area contributed by atoms with Crippen molar-refractivity contribution in [1.29, 1.82) is 0 Å². The summed E-state index contributed by atoms with van der Waals surface area (Å²) >= 11 is 0. The van der Waals surface area contributed by atoms with Crippen molar-refractivity contribution in [2.75, 3.05) is 0 Å². The summed E-state index contributed by atoms with van der Waals surface area (Å²) in [5, 5.41) is 2.77. The zero-order valence-corrected chi connectivity index (χ0v) is 16.0. The monoisotopic (exact) mass is 376 g/mol. The molecule has 0 saturated heterocycles. The summed E-state index contributed by atoms with van der Waals surface area (Å²) in [5.41, 5.74) is 1.58. The van der Waals surface area contributed by atoms with Crippen molar-refractivity contribution >= 4 is 22.0 Å². The molecule has 2 rings (SSSR count). The highest BCUT2D eigenvalue weighted by atomic mass is 32.2. The number of sulfonamides is 1. The zero-order chi connectivity index (χ0) is 19.2. The van der Waals surface area contributed by atoms with Crippen LogP contribution in [0.1, 0.15) is 36.5 Å². The van der Waals surface area contributed by atoms with E-state index in [1.807, 2.05) is 13.0 Å². The number of rotatable bonds is 8. The molecule has 0 aliphatic heterocycles. The predicted molar refractivity (Wildman–Crippen MR) is 102 cm³/mol. The summed E-state index contributed by atoms with van der Waals surface area (Å²) in [6.07, 6.45) is 3.02. The van der Waals surface area contributed by atoms with Gasteiger partial charge in [0.25, 0.3) is 0 Å². The Kier molecular flexibility index (Phi) is 6.76. The molecule has 0 saturated carbocycles. The summed E-state index contributed by atoms with van der Waals surface area (Å²) in [6, 6.07) is 10.6. The second-order valence-electron chi connectivity index (χ2n) is 6.35. The summed E-state index contributed by atoms with van der Waals surface area (Å²) in [5.74, 6) is 1.11. The van der Waals surface area contributed by atoms with Crippen molar-refractivity contribution in [2.45, 2.75) is 39.1 Å². The maximum atomic E-state index is 11.9. The van der Waals surface area contributed by atoms with E-state index in [4.69, 9.17) is 4.42 Å². The molecule has 2 N–H and O–H groups in total. The van der Waals surface area contributed by atoms with Gasteiger partial charge in [-0.25, -0.2) is 13.1 Å². The number of carbonyl (C=O) groups excluding carboxylic acids is 1. The molecule has 0 aliphatic rings. The van der Waals surface area contributed by atoms with E-state index in [9.17, 15) is 13.2 Å². The first kappa shape index (κ1) is 19.9. The standard InChI is InChI=1S/C19H24N2O4S/c1-14(2)21-26(23,24)13-17-7-5-16(6-8-17)12-20-19(22)11-10-18-9-4-15(3)25-18/h4-11,14,21H,12-13H2,1-3H3,(H,20,22)/b11-10+. The largest absolute Gasteiger partial charge is 0.462 e. The first-order valence-corrected chi connectivity index (χ1v) is 9.99. The van der Waals surface area contributed by atoms with Crippen LogP contribution in [0.25, 0.3) is 6.08 Å². The van der Waals surface area contributed by atoms with E-state index in [1.54, 1.807) is 50.3 Å². The molecular weight excluding hydrogens is 352 g/mol. The average Bonchev–Trinajstić information content (AvgIpc) is 2.96. The highest BCUT2D eigenvalue weighted by Crippen LogP contribution is 2.09. The Hall–Kier alpha value is -2.38. The molecular formula is C19H24N2O4S. The second-order valence-corrected chi connectivity index (χ2v) is 8.10. The van der Waals surface area contributed by atoms with Gasteiger partial charge in [0.1, 0.15) is 11.5 Å². The molecule has 7 heteroatoms. The van der Waals surface area contributed by atoms with Gasteiger partial charge < -0.3 is 9.73 Å². The molecule has 0 atom stereocenters. The number of nitrogens with one attached hydrogen (secondary N) is 2. The van der Waals surface area contributed by atoms with Crippen LogP contribution in [0.4, 0.5) is 0 Å². The fraction of sp³-hybridized carbons (Fsp3) is 0.316. The molecule has 0 bridgehead atoms. The number of carbonyl (C=O) groups is 1. The Bertz CT molecular complexity index is 865. The van der Waals surface area contributed by atoms with Gasteiger partial charge in [-0.15, -0.1) is 0 Å². The number of amides is 1. The Morgan fingerprint density at radius 2 is 1.77 bits per heavy atom. The van der Waals surface area contributed by atoms with Gasteiger partial charge in [0.15, 0.2) is 0 Å². The van der Waals surface area contributed by atoms with Crippen LogP contribution in [0, 0.1) is 6.92 Å². The fourth-order valence-corrected chi connectivity index (χ4v) is 3.76. The molecule has 0 aliphatic carbocycles. The maximum absolute atomic E-state index is 11.9. The smallest absolute Gasteiger partial charge is 0.244 e. The molecule has 2 aromatic rings. The molecule has 1 heterocycles. The Morgan fingerprint density at radius 3 is 2.35 bits per heavy atom. The normalized spacial score (nSPS) is 12.0. The van der Waals surface area contributed by atoms with Crippen molar-refractivity contribution in [2.24, 2.45) is 0 Å². The van der Waals surface area contributed by atoms with Gasteiger partial charge in [0, 0.05) is 18.7 Å². The van der Waals surface area contributed by atoms with Crippen LogP contribution in [0.5, 0.6) is 0 Å². The lowest BCUT2D eigenvalue weighted by Crippen LogP contribution is -2.31. The van der Waals surface area contributed by atoms with Crippen LogP contribution in [0.3, 0.4) is 0 Å². The third kappa shape index (κ3) is 6.85. The van der Waals surface area contributed by atoms with Crippen molar-refractivity contribution in [1.82, 2.24) is 10.0 Å². The van der Waals surface area contributed by atoms with Crippen LogP contribution < -0.4 is 10.0 Å². The number of aryl methyl sites for hydroxylation is 1. The van der Waals surface area contributed by atoms with Crippen LogP contribution in [-0.2, 0) is 27.1 Å². The van der Waals surface area contributed by atoms with Gasteiger partial charge in [-0.2, -0.15) is 0 Å². The summed E-state index contributed by atoms with van der Waals surface area (Å²) in [4.78, 5) is 11.8. The Morgan fingerprint density at radius 1 is 1.12 bits per heavy atom. The van der Waals surface area contributed by atoms with E-state index in [0.717, 1.165) is 11.3 Å². The SMILES string of the molecule is Cc1ccc(/C=C/C(=O)NCc2ccc(CS(=O)(=O)NC(C)C)cc2)o1. The number of hydrogen-bond donors (Lipinski definition) is 2. The maximum Gasteiger partial charge on any atom is 0.244 e. The molecule has 0 unspecified atom stereocenters. The van der Waals surface area contributed by atoms with E-state index in [1.165, 1.54) is 6.08 Å². The van der Waals surface area contributed by atoms with Crippen molar-refractivity contribution in [3.63, 3.8) is 0 Å². The minimum absolute atomic E-state index is 0.0663. The summed E-state index contributed by atoms with van der Waals surface area (Å²) in [7, 11) is -3.34. The van der Waals surface area contributed by atoms with Crippen LogP contribution >= 0.6 is 0 Å². The van der Waals surface area contributed by atoms with E-state index < -0.39 is 10.0 Å². The molecule has 0 spiro atoms. The third-order valence-electron chi connectivity index (χ3n) is 3.42. The van der Waals surface area contributed by atoms with Gasteiger partial charge in [-0.1, -0.05) is 24.3 Å². The number of benzene rings is 1. The van der Waals surface area contributed by atoms with E-state index in [2.05, 4.69) is 10.0 Å². The molecule has 1 aromatic carbocycles. The zero-order valence-electron chi connectivity index (χ0n) is 15.2.